The van der Waals surface area contributed by atoms with Crippen LogP contribution in [0.2, 0.25) is 0 Å². The number of methoxy groups -OCH3 is 3. The molecule has 0 saturated carbocycles. The second kappa shape index (κ2) is 7.34. The Hall–Kier alpha value is -2.89. The summed E-state index contributed by atoms with van der Waals surface area (Å²) in [6.45, 7) is 3.66. The monoisotopic (exact) mass is 341 g/mol. The lowest BCUT2D eigenvalue weighted by molar-refractivity contribution is 0.324. The first kappa shape index (κ1) is 17.0. The fraction of sp³-hybridized carbons (Fsp3) is 0.316. The fourth-order valence-electron chi connectivity index (χ4n) is 2.87. The molecule has 0 aliphatic rings. The molecule has 0 bridgehead atoms. The van der Waals surface area contributed by atoms with Crippen LogP contribution in [0.3, 0.4) is 0 Å². The van der Waals surface area contributed by atoms with Gasteiger partial charge in [0.2, 0.25) is 5.75 Å². The minimum Gasteiger partial charge on any atom is -0.493 e. The molecule has 0 spiro atoms. The fourth-order valence-corrected chi connectivity index (χ4v) is 2.87. The molecule has 1 aromatic heterocycles. The number of fused-ring (bicyclic) bond motifs is 1. The molecule has 1 N–H and O–H groups in total. The summed E-state index contributed by atoms with van der Waals surface area (Å²) in [6.07, 6.45) is 1.87. The van der Waals surface area contributed by atoms with E-state index in [1.54, 1.807) is 21.3 Å². The van der Waals surface area contributed by atoms with E-state index in [4.69, 9.17) is 14.2 Å². The summed E-state index contributed by atoms with van der Waals surface area (Å²) in [4.78, 5) is 4.45. The Labute approximate surface area is 147 Å². The van der Waals surface area contributed by atoms with Gasteiger partial charge in [-0.15, -0.1) is 0 Å². The highest BCUT2D eigenvalue weighted by Crippen LogP contribution is 2.38. The minimum absolute atomic E-state index is 0.597. The number of aryl methyl sites for hydroxylation is 1. The molecule has 1 heterocycles. The van der Waals surface area contributed by atoms with Gasteiger partial charge in [0.1, 0.15) is 0 Å². The van der Waals surface area contributed by atoms with Crippen molar-refractivity contribution < 1.29 is 14.2 Å². The summed E-state index contributed by atoms with van der Waals surface area (Å²) in [5, 5.41) is 3.42. The van der Waals surface area contributed by atoms with Crippen LogP contribution in [0.4, 0.5) is 5.69 Å². The molecule has 3 rings (SSSR count). The quantitative estimate of drug-likeness (QED) is 0.710. The van der Waals surface area contributed by atoms with Gasteiger partial charge in [0.15, 0.2) is 11.5 Å². The summed E-state index contributed by atoms with van der Waals surface area (Å²) < 4.78 is 18.3. The van der Waals surface area contributed by atoms with Crippen LogP contribution >= 0.6 is 0 Å². The van der Waals surface area contributed by atoms with Gasteiger partial charge in [-0.1, -0.05) is 0 Å². The Morgan fingerprint density at radius 1 is 1.00 bits per heavy atom. The number of hydrogen-bond acceptors (Lipinski definition) is 5. The number of nitrogens with zero attached hydrogens (tertiary/aromatic N) is 2. The van der Waals surface area contributed by atoms with Gasteiger partial charge in [-0.3, -0.25) is 0 Å². The van der Waals surface area contributed by atoms with E-state index in [0.29, 0.717) is 23.8 Å². The van der Waals surface area contributed by atoms with E-state index < -0.39 is 0 Å². The molecule has 0 aliphatic carbocycles. The first-order valence-corrected chi connectivity index (χ1v) is 8.17. The summed E-state index contributed by atoms with van der Waals surface area (Å²) in [5.41, 5.74) is 4.17. The molecule has 2 aromatic carbocycles. The molecule has 0 unspecified atom stereocenters. The van der Waals surface area contributed by atoms with Gasteiger partial charge in [-0.05, 0) is 42.8 Å². The van der Waals surface area contributed by atoms with Gasteiger partial charge in [-0.2, -0.15) is 0 Å². The van der Waals surface area contributed by atoms with E-state index in [2.05, 4.69) is 40.0 Å². The second-order valence-electron chi connectivity index (χ2n) is 5.62. The van der Waals surface area contributed by atoms with E-state index in [0.717, 1.165) is 28.8 Å². The molecule has 0 saturated heterocycles. The lowest BCUT2D eigenvalue weighted by Crippen LogP contribution is -2.02. The zero-order valence-electron chi connectivity index (χ0n) is 15.0. The van der Waals surface area contributed by atoms with E-state index in [-0.39, 0.29) is 0 Å². The van der Waals surface area contributed by atoms with Crippen LogP contribution in [0.25, 0.3) is 11.0 Å². The van der Waals surface area contributed by atoms with E-state index >= 15 is 0 Å². The number of benzene rings is 2. The lowest BCUT2D eigenvalue weighted by Gasteiger charge is -2.15. The Morgan fingerprint density at radius 2 is 1.72 bits per heavy atom. The summed E-state index contributed by atoms with van der Waals surface area (Å²) in [6, 6.07) is 10.1. The zero-order valence-corrected chi connectivity index (χ0v) is 15.0. The van der Waals surface area contributed by atoms with Crippen molar-refractivity contribution in [3.8, 4) is 17.2 Å². The SMILES string of the molecule is CCn1cnc2cc(NCc3cc(OC)c(OC)c(OC)c3)ccc21. The van der Waals surface area contributed by atoms with Crippen LogP contribution in [-0.4, -0.2) is 30.9 Å². The summed E-state index contributed by atoms with van der Waals surface area (Å²) in [5.74, 6) is 1.90. The van der Waals surface area contributed by atoms with Crippen molar-refractivity contribution in [1.82, 2.24) is 9.55 Å². The molecule has 0 amide bonds. The molecule has 0 radical (unpaired) electrons. The molecule has 132 valence electrons. The van der Waals surface area contributed by atoms with Crippen molar-refractivity contribution in [1.29, 1.82) is 0 Å². The number of aromatic nitrogens is 2. The number of ether oxygens (including phenoxy) is 3. The maximum atomic E-state index is 5.40. The number of hydrogen-bond donors (Lipinski definition) is 1. The van der Waals surface area contributed by atoms with Gasteiger partial charge in [-0.25, -0.2) is 4.98 Å². The molecule has 0 fully saturated rings. The highest BCUT2D eigenvalue weighted by molar-refractivity contribution is 5.79. The molecular weight excluding hydrogens is 318 g/mol. The van der Waals surface area contributed by atoms with Gasteiger partial charge in [0.05, 0.1) is 38.7 Å². The van der Waals surface area contributed by atoms with E-state index in [1.165, 1.54) is 0 Å². The first-order valence-electron chi connectivity index (χ1n) is 8.17. The van der Waals surface area contributed by atoms with Crippen LogP contribution in [0.5, 0.6) is 17.2 Å². The van der Waals surface area contributed by atoms with E-state index in [9.17, 15) is 0 Å². The third-order valence-electron chi connectivity index (χ3n) is 4.18. The standard InChI is InChI=1S/C19H23N3O3/c1-5-22-12-21-15-10-14(6-7-16(15)22)20-11-13-8-17(23-2)19(25-4)18(9-13)24-3/h6-10,12,20H,5,11H2,1-4H3. The van der Waals surface area contributed by atoms with Crippen LogP contribution in [-0.2, 0) is 13.1 Å². The molecule has 25 heavy (non-hydrogen) atoms. The second-order valence-corrected chi connectivity index (χ2v) is 5.62. The van der Waals surface area contributed by atoms with Crippen molar-refractivity contribution in [2.24, 2.45) is 0 Å². The van der Waals surface area contributed by atoms with Gasteiger partial charge >= 0.3 is 0 Å². The molecule has 6 heteroatoms. The van der Waals surface area contributed by atoms with E-state index in [1.807, 2.05) is 18.5 Å². The first-order chi connectivity index (χ1) is 12.2. The Bertz CT molecular complexity index is 848. The predicted molar refractivity (Wildman–Crippen MR) is 98.8 cm³/mol. The van der Waals surface area contributed by atoms with Crippen molar-refractivity contribution >= 4 is 16.7 Å². The zero-order chi connectivity index (χ0) is 17.8. The average Bonchev–Trinajstić information content (AvgIpc) is 3.07. The van der Waals surface area contributed by atoms with Crippen molar-refractivity contribution in [3.63, 3.8) is 0 Å². The van der Waals surface area contributed by atoms with Gasteiger partial charge in [0, 0.05) is 18.8 Å². The maximum absolute atomic E-state index is 5.40. The third kappa shape index (κ3) is 3.33. The molecule has 0 atom stereocenters. The highest BCUT2D eigenvalue weighted by atomic mass is 16.5. The van der Waals surface area contributed by atoms with Crippen LogP contribution in [0.1, 0.15) is 12.5 Å². The van der Waals surface area contributed by atoms with Crippen LogP contribution < -0.4 is 19.5 Å². The normalized spacial score (nSPS) is 10.7. The topological polar surface area (TPSA) is 57.5 Å². The third-order valence-corrected chi connectivity index (χ3v) is 4.18. The Kier molecular flexibility index (Phi) is 4.97. The Morgan fingerprint density at radius 3 is 2.32 bits per heavy atom. The molecule has 6 nitrogen and oxygen atoms in total. The number of imidazole rings is 1. The van der Waals surface area contributed by atoms with Gasteiger partial charge < -0.3 is 24.1 Å². The average molecular weight is 341 g/mol. The predicted octanol–water partition coefficient (Wildman–Crippen LogP) is 3.69. The summed E-state index contributed by atoms with van der Waals surface area (Å²) >= 11 is 0. The number of anilines is 1. The number of rotatable bonds is 7. The maximum Gasteiger partial charge on any atom is 0.203 e. The minimum atomic E-state index is 0.597. The number of nitrogens with one attached hydrogen (secondary N) is 1. The lowest BCUT2D eigenvalue weighted by atomic mass is 10.1. The molecule has 0 aliphatic heterocycles. The molecular formula is C19H23N3O3. The Balaban J connectivity index is 1.81. The van der Waals surface area contributed by atoms with Gasteiger partial charge in [0.25, 0.3) is 0 Å². The van der Waals surface area contributed by atoms with Crippen molar-refractivity contribution in [2.45, 2.75) is 20.0 Å². The highest BCUT2D eigenvalue weighted by Gasteiger charge is 2.13. The van der Waals surface area contributed by atoms with Crippen LogP contribution in [0, 0.1) is 0 Å². The largest absolute Gasteiger partial charge is 0.493 e. The van der Waals surface area contributed by atoms with Crippen molar-refractivity contribution in [3.05, 3.63) is 42.2 Å². The summed E-state index contributed by atoms with van der Waals surface area (Å²) in [7, 11) is 4.84. The smallest absolute Gasteiger partial charge is 0.203 e. The van der Waals surface area contributed by atoms with Crippen molar-refractivity contribution in [2.75, 3.05) is 26.6 Å². The van der Waals surface area contributed by atoms with Crippen LogP contribution in [0.15, 0.2) is 36.7 Å². The molecule has 3 aromatic rings.